The Kier molecular flexibility index (Phi) is 6.38. The van der Waals surface area contributed by atoms with Crippen LogP contribution in [-0.2, 0) is 6.42 Å². The van der Waals surface area contributed by atoms with Gasteiger partial charge in [0.2, 0.25) is 0 Å². The summed E-state index contributed by atoms with van der Waals surface area (Å²) in [5.74, 6) is 1.66. The van der Waals surface area contributed by atoms with Crippen LogP contribution in [0.5, 0.6) is 0 Å². The standard InChI is InChI=1S/C17H24Cl2N2/c1-3-5-8-13(7-4-2)21-16(11-12-18)20-15-10-6-9-14(19)17(15)21/h6,9-10,13H,3-5,7-8,11-12H2,1-2H3. The van der Waals surface area contributed by atoms with Gasteiger partial charge in [-0.3, -0.25) is 0 Å². The number of hydrogen-bond acceptors (Lipinski definition) is 1. The number of benzene rings is 1. The van der Waals surface area contributed by atoms with Crippen LogP contribution < -0.4 is 0 Å². The van der Waals surface area contributed by atoms with Crippen molar-refractivity contribution in [1.29, 1.82) is 0 Å². The molecule has 0 saturated heterocycles. The van der Waals surface area contributed by atoms with Gasteiger partial charge in [0.1, 0.15) is 5.82 Å². The Bertz CT molecular complexity index is 577. The van der Waals surface area contributed by atoms with Gasteiger partial charge in [-0.1, -0.05) is 50.8 Å². The van der Waals surface area contributed by atoms with E-state index in [4.69, 9.17) is 28.2 Å². The van der Waals surface area contributed by atoms with Crippen LogP contribution in [0.4, 0.5) is 0 Å². The molecule has 1 heterocycles. The first-order valence-electron chi connectivity index (χ1n) is 7.94. The van der Waals surface area contributed by atoms with Crippen LogP contribution in [0.15, 0.2) is 18.2 Å². The topological polar surface area (TPSA) is 17.8 Å². The highest BCUT2D eigenvalue weighted by Gasteiger charge is 2.19. The number of unbranched alkanes of at least 4 members (excludes halogenated alkanes) is 1. The lowest BCUT2D eigenvalue weighted by molar-refractivity contribution is 0.415. The molecule has 0 spiro atoms. The van der Waals surface area contributed by atoms with Crippen molar-refractivity contribution in [2.75, 3.05) is 5.88 Å². The SMILES string of the molecule is CCCCC(CCC)n1c(CCCl)nc2cccc(Cl)c21. The van der Waals surface area contributed by atoms with Crippen LogP contribution in [0.25, 0.3) is 11.0 Å². The first kappa shape index (κ1) is 16.6. The highest BCUT2D eigenvalue weighted by atomic mass is 35.5. The minimum absolute atomic E-state index is 0.470. The second-order valence-corrected chi connectivity index (χ2v) is 6.31. The first-order chi connectivity index (χ1) is 10.2. The zero-order chi connectivity index (χ0) is 15.2. The Hall–Kier alpha value is -0.730. The third-order valence-corrected chi connectivity index (χ3v) is 4.42. The Labute approximate surface area is 137 Å². The van der Waals surface area contributed by atoms with Gasteiger partial charge in [0.15, 0.2) is 0 Å². The van der Waals surface area contributed by atoms with E-state index in [1.165, 1.54) is 25.7 Å². The number of hydrogen-bond donors (Lipinski definition) is 0. The molecule has 1 atom stereocenters. The van der Waals surface area contributed by atoms with Gasteiger partial charge in [0.25, 0.3) is 0 Å². The van der Waals surface area contributed by atoms with Gasteiger partial charge in [-0.15, -0.1) is 11.6 Å². The van der Waals surface area contributed by atoms with Crippen LogP contribution in [0.3, 0.4) is 0 Å². The zero-order valence-corrected chi connectivity index (χ0v) is 14.4. The molecule has 21 heavy (non-hydrogen) atoms. The minimum Gasteiger partial charge on any atom is -0.324 e. The number of rotatable bonds is 8. The molecule has 4 heteroatoms. The zero-order valence-electron chi connectivity index (χ0n) is 12.9. The van der Waals surface area contributed by atoms with Crippen molar-refractivity contribution in [1.82, 2.24) is 9.55 Å². The molecule has 2 aromatic rings. The predicted molar refractivity (Wildman–Crippen MR) is 92.6 cm³/mol. The second-order valence-electron chi connectivity index (χ2n) is 5.53. The summed E-state index contributed by atoms with van der Waals surface area (Å²) < 4.78 is 2.36. The largest absolute Gasteiger partial charge is 0.324 e. The number of nitrogens with zero attached hydrogens (tertiary/aromatic N) is 2. The number of aromatic nitrogens is 2. The number of para-hydroxylation sites is 1. The summed E-state index contributed by atoms with van der Waals surface area (Å²) in [7, 11) is 0. The molecule has 0 aliphatic carbocycles. The number of halogens is 2. The Balaban J connectivity index is 2.53. The highest BCUT2D eigenvalue weighted by molar-refractivity contribution is 6.35. The van der Waals surface area contributed by atoms with Crippen LogP contribution >= 0.6 is 23.2 Å². The first-order valence-corrected chi connectivity index (χ1v) is 8.85. The third-order valence-electron chi connectivity index (χ3n) is 3.93. The summed E-state index contributed by atoms with van der Waals surface area (Å²) in [6.45, 7) is 4.47. The monoisotopic (exact) mass is 326 g/mol. The molecule has 0 aliphatic heterocycles. The Morgan fingerprint density at radius 1 is 1.19 bits per heavy atom. The van der Waals surface area contributed by atoms with E-state index >= 15 is 0 Å². The lowest BCUT2D eigenvalue weighted by Crippen LogP contribution is -2.13. The molecule has 0 radical (unpaired) electrons. The smallest absolute Gasteiger partial charge is 0.111 e. The molecule has 2 rings (SSSR count). The maximum Gasteiger partial charge on any atom is 0.111 e. The average molecular weight is 327 g/mol. The van der Waals surface area contributed by atoms with Crippen LogP contribution in [0.1, 0.15) is 57.8 Å². The lowest BCUT2D eigenvalue weighted by atomic mass is 10.0. The molecule has 0 saturated carbocycles. The lowest BCUT2D eigenvalue weighted by Gasteiger charge is -2.21. The molecule has 0 bridgehead atoms. The fraction of sp³-hybridized carbons (Fsp3) is 0.588. The van der Waals surface area contributed by atoms with Crippen LogP contribution in [0, 0.1) is 0 Å². The molecule has 0 fully saturated rings. The summed E-state index contributed by atoms with van der Waals surface area (Å²) in [6, 6.07) is 6.43. The van der Waals surface area contributed by atoms with Gasteiger partial charge in [0.05, 0.1) is 16.1 Å². The molecule has 0 amide bonds. The van der Waals surface area contributed by atoms with Crippen molar-refractivity contribution >= 4 is 34.2 Å². The second kappa shape index (κ2) is 8.05. The molecule has 1 unspecified atom stereocenters. The molecule has 1 aromatic carbocycles. The number of imidazole rings is 1. The molecular weight excluding hydrogens is 303 g/mol. The number of fused-ring (bicyclic) bond motifs is 1. The van der Waals surface area contributed by atoms with Gasteiger partial charge in [-0.05, 0) is 25.0 Å². The van der Waals surface area contributed by atoms with E-state index in [0.29, 0.717) is 11.9 Å². The van der Waals surface area contributed by atoms with Crippen molar-refractivity contribution < 1.29 is 0 Å². The molecule has 2 nitrogen and oxygen atoms in total. The van der Waals surface area contributed by atoms with Crippen LogP contribution in [-0.4, -0.2) is 15.4 Å². The van der Waals surface area contributed by atoms with E-state index in [9.17, 15) is 0 Å². The van der Waals surface area contributed by atoms with E-state index in [-0.39, 0.29) is 0 Å². The quantitative estimate of drug-likeness (QED) is 0.544. The molecular formula is C17H24Cl2N2. The molecule has 0 N–H and O–H groups in total. The maximum atomic E-state index is 6.46. The number of alkyl halides is 1. The molecule has 116 valence electrons. The van der Waals surface area contributed by atoms with Crippen molar-refractivity contribution in [3.05, 3.63) is 29.0 Å². The normalized spacial score (nSPS) is 13.0. The summed E-state index contributed by atoms with van der Waals surface area (Å²) in [5, 5.41) is 0.790. The van der Waals surface area contributed by atoms with Gasteiger partial charge in [-0.25, -0.2) is 4.98 Å². The third kappa shape index (κ3) is 3.73. The van der Waals surface area contributed by atoms with Crippen molar-refractivity contribution in [3.63, 3.8) is 0 Å². The van der Waals surface area contributed by atoms with Crippen molar-refractivity contribution in [2.24, 2.45) is 0 Å². The molecule has 1 aromatic heterocycles. The van der Waals surface area contributed by atoms with Gasteiger partial charge >= 0.3 is 0 Å². The van der Waals surface area contributed by atoms with E-state index in [1.54, 1.807) is 0 Å². The van der Waals surface area contributed by atoms with E-state index in [1.807, 2.05) is 18.2 Å². The summed E-state index contributed by atoms with van der Waals surface area (Å²) >= 11 is 12.4. The predicted octanol–water partition coefficient (Wildman–Crippen LogP) is 6.00. The van der Waals surface area contributed by atoms with Crippen molar-refractivity contribution in [3.8, 4) is 0 Å². The van der Waals surface area contributed by atoms with E-state index in [0.717, 1.165) is 34.7 Å². The van der Waals surface area contributed by atoms with Gasteiger partial charge < -0.3 is 4.57 Å². The highest BCUT2D eigenvalue weighted by Crippen LogP contribution is 2.32. The summed E-state index contributed by atoms with van der Waals surface area (Å²) in [4.78, 5) is 4.77. The van der Waals surface area contributed by atoms with Crippen LogP contribution in [0.2, 0.25) is 5.02 Å². The minimum atomic E-state index is 0.470. The summed E-state index contributed by atoms with van der Waals surface area (Å²) in [6.07, 6.45) is 6.74. The number of aryl methyl sites for hydroxylation is 1. The van der Waals surface area contributed by atoms with E-state index < -0.39 is 0 Å². The van der Waals surface area contributed by atoms with E-state index in [2.05, 4.69) is 18.4 Å². The Morgan fingerprint density at radius 2 is 2.00 bits per heavy atom. The fourth-order valence-corrected chi connectivity index (χ4v) is 3.41. The Morgan fingerprint density at radius 3 is 2.67 bits per heavy atom. The van der Waals surface area contributed by atoms with Gasteiger partial charge in [0, 0.05) is 18.3 Å². The van der Waals surface area contributed by atoms with Gasteiger partial charge in [-0.2, -0.15) is 0 Å². The average Bonchev–Trinajstić information content (AvgIpc) is 2.83. The maximum absolute atomic E-state index is 6.46. The fourth-order valence-electron chi connectivity index (χ4n) is 2.98. The summed E-state index contributed by atoms with van der Waals surface area (Å²) in [5.41, 5.74) is 2.06. The molecule has 0 aliphatic rings. The van der Waals surface area contributed by atoms with Crippen molar-refractivity contribution in [2.45, 2.75) is 58.4 Å².